The van der Waals surface area contributed by atoms with Gasteiger partial charge in [-0.1, -0.05) is 6.07 Å². The Morgan fingerprint density at radius 3 is 2.70 bits per heavy atom. The predicted octanol–water partition coefficient (Wildman–Crippen LogP) is 2.06. The van der Waals surface area contributed by atoms with E-state index in [4.69, 9.17) is 0 Å². The first-order valence-corrected chi connectivity index (χ1v) is 8.66. The van der Waals surface area contributed by atoms with Crippen molar-refractivity contribution in [3.05, 3.63) is 52.5 Å². The van der Waals surface area contributed by atoms with Crippen LogP contribution >= 0.6 is 11.3 Å². The van der Waals surface area contributed by atoms with Crippen LogP contribution in [0.15, 0.2) is 41.4 Å². The third-order valence-corrected chi connectivity index (χ3v) is 4.67. The zero-order valence-corrected chi connectivity index (χ0v) is 13.7. The molecular weight excluding hydrogens is 310 g/mol. The van der Waals surface area contributed by atoms with E-state index < -0.39 is 0 Å². The van der Waals surface area contributed by atoms with Crippen molar-refractivity contribution in [2.45, 2.75) is 12.8 Å². The minimum absolute atomic E-state index is 0.0628. The molecule has 1 aliphatic rings. The Balaban J connectivity index is 1.58. The van der Waals surface area contributed by atoms with Gasteiger partial charge in [0.2, 0.25) is 5.91 Å². The fraction of sp³-hybridized carbons (Fsp3) is 0.353. The van der Waals surface area contributed by atoms with Gasteiger partial charge in [-0.3, -0.25) is 14.6 Å². The summed E-state index contributed by atoms with van der Waals surface area (Å²) < 4.78 is 0. The Labute approximate surface area is 139 Å². The lowest BCUT2D eigenvalue weighted by atomic mass is 10.2. The molecule has 0 aromatic carbocycles. The first-order chi connectivity index (χ1) is 11.2. The van der Waals surface area contributed by atoms with Gasteiger partial charge in [-0.2, -0.15) is 11.3 Å². The number of thiophene rings is 1. The average Bonchev–Trinajstić information content (AvgIpc) is 2.99. The fourth-order valence-corrected chi connectivity index (χ4v) is 3.36. The molecule has 6 heteroatoms. The molecule has 3 rings (SSSR count). The quantitative estimate of drug-likeness (QED) is 0.866. The molecule has 3 heterocycles. The number of carbonyl (C=O) groups excluding carboxylic acids is 2. The topological polar surface area (TPSA) is 53.5 Å². The van der Waals surface area contributed by atoms with E-state index in [-0.39, 0.29) is 11.8 Å². The summed E-state index contributed by atoms with van der Waals surface area (Å²) in [6.45, 7) is 2.58. The molecule has 2 aromatic rings. The minimum Gasteiger partial charge on any atom is -0.341 e. The number of nitrogens with zero attached hydrogens (tertiary/aromatic N) is 3. The maximum Gasteiger partial charge on any atom is 0.254 e. The molecule has 120 valence electrons. The van der Waals surface area contributed by atoms with Crippen LogP contribution in [0.3, 0.4) is 0 Å². The van der Waals surface area contributed by atoms with E-state index >= 15 is 0 Å². The van der Waals surface area contributed by atoms with Crippen LogP contribution in [0.25, 0.3) is 0 Å². The maximum atomic E-state index is 12.4. The summed E-state index contributed by atoms with van der Waals surface area (Å²) in [6.07, 6.45) is 4.61. The highest BCUT2D eigenvalue weighted by atomic mass is 32.1. The van der Waals surface area contributed by atoms with E-state index in [9.17, 15) is 9.59 Å². The summed E-state index contributed by atoms with van der Waals surface area (Å²) >= 11 is 1.53. The molecule has 0 unspecified atom stereocenters. The largest absolute Gasteiger partial charge is 0.341 e. The second-order valence-corrected chi connectivity index (χ2v) is 6.36. The van der Waals surface area contributed by atoms with Gasteiger partial charge in [0.05, 0.1) is 12.0 Å². The van der Waals surface area contributed by atoms with Gasteiger partial charge < -0.3 is 9.80 Å². The molecule has 0 spiro atoms. The van der Waals surface area contributed by atoms with Crippen molar-refractivity contribution in [3.63, 3.8) is 0 Å². The highest BCUT2D eigenvalue weighted by Crippen LogP contribution is 2.13. The van der Waals surface area contributed by atoms with E-state index in [0.717, 1.165) is 17.5 Å². The number of pyridine rings is 1. The Morgan fingerprint density at radius 2 is 1.96 bits per heavy atom. The first-order valence-electron chi connectivity index (χ1n) is 7.72. The SMILES string of the molecule is O=C(Cc1cccnc1)N1CCCN(C(=O)c2ccsc2)CC1. The maximum absolute atomic E-state index is 12.4. The standard InChI is InChI=1S/C17H19N3O2S/c21-16(11-14-3-1-5-18-12-14)19-6-2-7-20(9-8-19)17(22)15-4-10-23-13-15/h1,3-5,10,12-13H,2,6-9,11H2. The molecule has 1 fully saturated rings. The van der Waals surface area contributed by atoms with Crippen molar-refractivity contribution in [1.82, 2.24) is 14.8 Å². The molecule has 2 aromatic heterocycles. The number of amides is 2. The lowest BCUT2D eigenvalue weighted by molar-refractivity contribution is -0.130. The molecule has 5 nitrogen and oxygen atoms in total. The highest BCUT2D eigenvalue weighted by molar-refractivity contribution is 7.08. The molecule has 0 atom stereocenters. The predicted molar refractivity (Wildman–Crippen MR) is 89.4 cm³/mol. The van der Waals surface area contributed by atoms with Crippen molar-refractivity contribution in [3.8, 4) is 0 Å². The van der Waals surface area contributed by atoms with Crippen molar-refractivity contribution in [1.29, 1.82) is 0 Å². The number of aromatic nitrogens is 1. The first kappa shape index (κ1) is 15.7. The molecule has 2 amide bonds. The van der Waals surface area contributed by atoms with Crippen LogP contribution in [-0.2, 0) is 11.2 Å². The summed E-state index contributed by atoms with van der Waals surface area (Å²) in [6, 6.07) is 5.60. The molecule has 1 saturated heterocycles. The number of hydrogen-bond donors (Lipinski definition) is 0. The van der Waals surface area contributed by atoms with Crippen LogP contribution in [0.4, 0.5) is 0 Å². The Kier molecular flexibility index (Phi) is 5.02. The smallest absolute Gasteiger partial charge is 0.254 e. The minimum atomic E-state index is 0.0628. The second-order valence-electron chi connectivity index (χ2n) is 5.58. The molecule has 0 saturated carbocycles. The molecule has 0 N–H and O–H groups in total. The lowest BCUT2D eigenvalue weighted by Gasteiger charge is -2.22. The molecule has 0 bridgehead atoms. The van der Waals surface area contributed by atoms with Gasteiger partial charge in [-0.05, 0) is 29.5 Å². The van der Waals surface area contributed by atoms with Gasteiger partial charge in [-0.15, -0.1) is 0 Å². The van der Waals surface area contributed by atoms with E-state index in [1.54, 1.807) is 12.4 Å². The van der Waals surface area contributed by atoms with Gasteiger partial charge in [0.15, 0.2) is 0 Å². The van der Waals surface area contributed by atoms with Crippen LogP contribution in [0.1, 0.15) is 22.3 Å². The number of carbonyl (C=O) groups is 2. The fourth-order valence-electron chi connectivity index (χ4n) is 2.73. The van der Waals surface area contributed by atoms with E-state index in [0.29, 0.717) is 32.6 Å². The lowest BCUT2D eigenvalue weighted by Crippen LogP contribution is -2.37. The zero-order chi connectivity index (χ0) is 16.1. The third kappa shape index (κ3) is 3.96. The number of hydrogen-bond acceptors (Lipinski definition) is 4. The third-order valence-electron chi connectivity index (χ3n) is 3.98. The zero-order valence-electron chi connectivity index (χ0n) is 12.9. The molecule has 0 radical (unpaired) electrons. The van der Waals surface area contributed by atoms with Gasteiger partial charge >= 0.3 is 0 Å². The second kappa shape index (κ2) is 7.37. The van der Waals surface area contributed by atoms with Crippen LogP contribution in [-0.4, -0.2) is 52.8 Å². The Hall–Kier alpha value is -2.21. The highest BCUT2D eigenvalue weighted by Gasteiger charge is 2.23. The molecular formula is C17H19N3O2S. The van der Waals surface area contributed by atoms with Gasteiger partial charge in [0.25, 0.3) is 5.91 Å². The van der Waals surface area contributed by atoms with Gasteiger partial charge in [0, 0.05) is 44.0 Å². The molecule has 1 aliphatic heterocycles. The van der Waals surface area contributed by atoms with E-state index in [1.165, 1.54) is 11.3 Å². The molecule has 23 heavy (non-hydrogen) atoms. The summed E-state index contributed by atoms with van der Waals surface area (Å²) in [5.41, 5.74) is 1.66. The monoisotopic (exact) mass is 329 g/mol. The van der Waals surface area contributed by atoms with Crippen molar-refractivity contribution < 1.29 is 9.59 Å². The van der Waals surface area contributed by atoms with Gasteiger partial charge in [-0.25, -0.2) is 0 Å². The van der Waals surface area contributed by atoms with Crippen LogP contribution in [0, 0.1) is 0 Å². The van der Waals surface area contributed by atoms with E-state index in [1.807, 2.05) is 38.8 Å². The Bertz CT molecular complexity index is 658. The Morgan fingerprint density at radius 1 is 1.13 bits per heavy atom. The van der Waals surface area contributed by atoms with Crippen molar-refractivity contribution >= 4 is 23.2 Å². The van der Waals surface area contributed by atoms with Crippen LogP contribution in [0.2, 0.25) is 0 Å². The summed E-state index contributed by atoms with van der Waals surface area (Å²) in [4.78, 5) is 32.6. The van der Waals surface area contributed by atoms with Crippen LogP contribution < -0.4 is 0 Å². The summed E-state index contributed by atoms with van der Waals surface area (Å²) in [5.74, 6) is 0.163. The van der Waals surface area contributed by atoms with E-state index in [2.05, 4.69) is 4.98 Å². The van der Waals surface area contributed by atoms with Crippen molar-refractivity contribution in [2.24, 2.45) is 0 Å². The van der Waals surface area contributed by atoms with Crippen LogP contribution in [0.5, 0.6) is 0 Å². The number of rotatable bonds is 3. The van der Waals surface area contributed by atoms with Gasteiger partial charge in [0.1, 0.15) is 0 Å². The summed E-state index contributed by atoms with van der Waals surface area (Å²) in [7, 11) is 0. The summed E-state index contributed by atoms with van der Waals surface area (Å²) in [5, 5.41) is 3.79. The van der Waals surface area contributed by atoms with Crippen molar-refractivity contribution in [2.75, 3.05) is 26.2 Å². The average molecular weight is 329 g/mol. The molecule has 0 aliphatic carbocycles. The normalized spacial score (nSPS) is 15.3.